The fourth-order valence-corrected chi connectivity index (χ4v) is 3.05. The first kappa shape index (κ1) is 13.1. The van der Waals surface area contributed by atoms with E-state index in [1.807, 2.05) is 0 Å². The molecular weight excluding hydrogens is 261 g/mol. The molecule has 0 radical (unpaired) electrons. The topological polar surface area (TPSA) is 57.6 Å². The van der Waals surface area contributed by atoms with Crippen LogP contribution in [-0.2, 0) is 9.59 Å². The van der Waals surface area contributed by atoms with Crippen LogP contribution >= 0.6 is 0 Å². The number of aliphatic carboxylic acids is 1. The zero-order chi connectivity index (χ0) is 14.3. The van der Waals surface area contributed by atoms with Crippen LogP contribution in [-0.4, -0.2) is 34.5 Å². The number of amides is 1. The molecule has 1 saturated carbocycles. The summed E-state index contributed by atoms with van der Waals surface area (Å²) in [7, 11) is 0. The highest BCUT2D eigenvalue weighted by atomic mass is 19.1. The minimum atomic E-state index is -0.921. The van der Waals surface area contributed by atoms with Crippen molar-refractivity contribution in [3.8, 4) is 0 Å². The van der Waals surface area contributed by atoms with E-state index in [1.165, 1.54) is 17.0 Å². The monoisotopic (exact) mass is 277 g/mol. The fraction of sp³-hybridized carbons (Fsp3) is 0.467. The van der Waals surface area contributed by atoms with E-state index >= 15 is 0 Å². The van der Waals surface area contributed by atoms with Crippen LogP contribution in [0.3, 0.4) is 0 Å². The van der Waals surface area contributed by atoms with Gasteiger partial charge in [0.25, 0.3) is 0 Å². The molecule has 106 valence electrons. The third kappa shape index (κ3) is 2.28. The summed E-state index contributed by atoms with van der Waals surface area (Å²) < 4.78 is 12.9. The van der Waals surface area contributed by atoms with Gasteiger partial charge in [-0.1, -0.05) is 12.1 Å². The first-order valence-corrected chi connectivity index (χ1v) is 6.86. The summed E-state index contributed by atoms with van der Waals surface area (Å²) in [6.07, 6.45) is 2.01. The lowest BCUT2D eigenvalue weighted by Gasteiger charge is -2.21. The summed E-state index contributed by atoms with van der Waals surface area (Å²) in [4.78, 5) is 25.0. The quantitative estimate of drug-likeness (QED) is 0.919. The average molecular weight is 277 g/mol. The Kier molecular flexibility index (Phi) is 3.20. The Hall–Kier alpha value is -1.91. The van der Waals surface area contributed by atoms with Crippen LogP contribution < -0.4 is 0 Å². The molecule has 1 N–H and O–H groups in total. The Morgan fingerprint density at radius 3 is 2.60 bits per heavy atom. The van der Waals surface area contributed by atoms with Crippen molar-refractivity contribution < 1.29 is 19.1 Å². The van der Waals surface area contributed by atoms with Gasteiger partial charge < -0.3 is 10.0 Å². The summed E-state index contributed by atoms with van der Waals surface area (Å²) in [5.74, 6) is -1.31. The maximum atomic E-state index is 12.9. The first-order valence-electron chi connectivity index (χ1n) is 6.86. The van der Waals surface area contributed by atoms with Gasteiger partial charge in [0.1, 0.15) is 11.9 Å². The Morgan fingerprint density at radius 2 is 1.95 bits per heavy atom. The smallest absolute Gasteiger partial charge is 0.326 e. The van der Waals surface area contributed by atoms with Gasteiger partial charge in [0.05, 0.1) is 0 Å². The summed E-state index contributed by atoms with van der Waals surface area (Å²) in [5.41, 5.74) is 0.954. The molecule has 0 spiro atoms. The fourth-order valence-electron chi connectivity index (χ4n) is 3.05. The van der Waals surface area contributed by atoms with E-state index in [9.17, 15) is 14.0 Å². The molecule has 1 amide bonds. The van der Waals surface area contributed by atoms with E-state index in [4.69, 9.17) is 5.11 Å². The molecule has 1 aromatic rings. The van der Waals surface area contributed by atoms with E-state index in [2.05, 4.69) is 0 Å². The van der Waals surface area contributed by atoms with Crippen LogP contribution in [0.25, 0.3) is 0 Å². The molecule has 0 aromatic heterocycles. The zero-order valence-corrected chi connectivity index (χ0v) is 11.0. The molecule has 1 aliphatic heterocycles. The van der Waals surface area contributed by atoms with E-state index in [1.54, 1.807) is 12.1 Å². The second kappa shape index (κ2) is 4.89. The maximum Gasteiger partial charge on any atom is 0.326 e. The van der Waals surface area contributed by atoms with Gasteiger partial charge >= 0.3 is 5.97 Å². The van der Waals surface area contributed by atoms with Crippen LogP contribution in [0.4, 0.5) is 4.39 Å². The molecule has 1 heterocycles. The predicted molar refractivity (Wildman–Crippen MR) is 69.6 cm³/mol. The van der Waals surface area contributed by atoms with Crippen LogP contribution in [0, 0.1) is 11.7 Å². The van der Waals surface area contributed by atoms with E-state index in [0.29, 0.717) is 13.0 Å². The molecule has 5 heteroatoms. The van der Waals surface area contributed by atoms with Crippen molar-refractivity contribution in [2.75, 3.05) is 6.54 Å². The minimum Gasteiger partial charge on any atom is -0.480 e. The third-order valence-electron chi connectivity index (χ3n) is 4.23. The highest BCUT2D eigenvalue weighted by molar-refractivity contribution is 5.88. The zero-order valence-electron chi connectivity index (χ0n) is 11.0. The van der Waals surface area contributed by atoms with Crippen LogP contribution in [0.1, 0.15) is 30.7 Å². The average Bonchev–Trinajstić information content (AvgIpc) is 3.06. The molecule has 3 rings (SSSR count). The number of likely N-dealkylation sites (tertiary alicyclic amines) is 1. The van der Waals surface area contributed by atoms with Crippen molar-refractivity contribution in [2.45, 2.75) is 31.2 Å². The van der Waals surface area contributed by atoms with Crippen LogP contribution in [0.15, 0.2) is 24.3 Å². The summed E-state index contributed by atoms with van der Waals surface area (Å²) in [6.45, 7) is 0.530. The molecule has 3 unspecified atom stereocenters. The second-order valence-corrected chi connectivity index (χ2v) is 5.53. The Morgan fingerprint density at radius 1 is 1.25 bits per heavy atom. The van der Waals surface area contributed by atoms with Crippen LogP contribution in [0.2, 0.25) is 0 Å². The van der Waals surface area contributed by atoms with Gasteiger partial charge in [0.15, 0.2) is 0 Å². The number of hydrogen-bond acceptors (Lipinski definition) is 2. The van der Waals surface area contributed by atoms with Gasteiger partial charge in [-0.3, -0.25) is 4.79 Å². The van der Waals surface area contributed by atoms with Crippen molar-refractivity contribution in [3.05, 3.63) is 35.6 Å². The molecule has 0 bridgehead atoms. The number of carbonyl (C=O) groups excluding carboxylic acids is 1. The maximum absolute atomic E-state index is 12.9. The van der Waals surface area contributed by atoms with Gasteiger partial charge in [-0.2, -0.15) is 0 Å². The minimum absolute atomic E-state index is 0.0655. The number of carboxylic acids is 1. The number of benzene rings is 1. The number of carboxylic acid groups (broad SMARTS) is 1. The Balaban J connectivity index is 1.68. The van der Waals surface area contributed by atoms with Gasteiger partial charge in [0, 0.05) is 12.5 Å². The van der Waals surface area contributed by atoms with E-state index in [0.717, 1.165) is 18.4 Å². The predicted octanol–water partition coefficient (Wildman–Crippen LogP) is 2.00. The van der Waals surface area contributed by atoms with Crippen molar-refractivity contribution in [1.29, 1.82) is 0 Å². The highest BCUT2D eigenvalue weighted by Crippen LogP contribution is 2.49. The molecule has 1 aromatic carbocycles. The first-order chi connectivity index (χ1) is 9.58. The normalized spacial score (nSPS) is 28.4. The number of halogens is 1. The van der Waals surface area contributed by atoms with E-state index in [-0.39, 0.29) is 23.6 Å². The molecule has 1 aliphatic carbocycles. The third-order valence-corrected chi connectivity index (χ3v) is 4.23. The number of rotatable bonds is 3. The molecule has 3 atom stereocenters. The lowest BCUT2D eigenvalue weighted by Crippen LogP contribution is -2.41. The molecular formula is C15H16FNO3. The number of nitrogens with zero attached hydrogens (tertiary/aromatic N) is 1. The summed E-state index contributed by atoms with van der Waals surface area (Å²) >= 11 is 0. The van der Waals surface area contributed by atoms with Crippen molar-refractivity contribution in [3.63, 3.8) is 0 Å². The molecule has 4 nitrogen and oxygen atoms in total. The summed E-state index contributed by atoms with van der Waals surface area (Å²) in [5, 5.41) is 9.11. The largest absolute Gasteiger partial charge is 0.480 e. The van der Waals surface area contributed by atoms with Crippen molar-refractivity contribution >= 4 is 11.9 Å². The standard InChI is InChI=1S/C15H16FNO3/c16-10-5-3-9(4-6-10)11-8-12(11)14(18)17-7-1-2-13(17)15(19)20/h3-6,11-13H,1-2,7-8H2,(H,19,20). The lowest BCUT2D eigenvalue weighted by atomic mass is 10.1. The van der Waals surface area contributed by atoms with Gasteiger partial charge in [0.2, 0.25) is 5.91 Å². The Labute approximate surface area is 116 Å². The van der Waals surface area contributed by atoms with Gasteiger partial charge in [-0.15, -0.1) is 0 Å². The summed E-state index contributed by atoms with van der Waals surface area (Å²) in [6, 6.07) is 5.52. The van der Waals surface area contributed by atoms with Crippen molar-refractivity contribution in [2.24, 2.45) is 5.92 Å². The van der Waals surface area contributed by atoms with Gasteiger partial charge in [-0.25, -0.2) is 9.18 Å². The van der Waals surface area contributed by atoms with E-state index < -0.39 is 12.0 Å². The SMILES string of the molecule is O=C(O)C1CCCN1C(=O)C1CC1c1ccc(F)cc1. The lowest BCUT2D eigenvalue weighted by molar-refractivity contribution is -0.148. The molecule has 1 saturated heterocycles. The molecule has 2 fully saturated rings. The highest BCUT2D eigenvalue weighted by Gasteiger charge is 2.48. The number of carbonyl (C=O) groups is 2. The van der Waals surface area contributed by atoms with Crippen molar-refractivity contribution in [1.82, 2.24) is 4.90 Å². The van der Waals surface area contributed by atoms with Gasteiger partial charge in [-0.05, 0) is 42.9 Å². The molecule has 2 aliphatic rings. The van der Waals surface area contributed by atoms with Crippen LogP contribution in [0.5, 0.6) is 0 Å². The molecule has 20 heavy (non-hydrogen) atoms. The Bertz CT molecular complexity index is 543. The number of hydrogen-bond donors (Lipinski definition) is 1. The second-order valence-electron chi connectivity index (χ2n) is 5.53.